The van der Waals surface area contributed by atoms with Crippen LogP contribution in [-0.4, -0.2) is 23.3 Å². The Morgan fingerprint density at radius 1 is 1.14 bits per heavy atom. The van der Waals surface area contributed by atoms with E-state index in [-0.39, 0.29) is 17.6 Å². The molecule has 0 saturated carbocycles. The smallest absolute Gasteiger partial charge is 0.257 e. The minimum Gasteiger partial charge on any atom is -0.312 e. The summed E-state index contributed by atoms with van der Waals surface area (Å²) in [4.78, 5) is 31.5. The van der Waals surface area contributed by atoms with Crippen molar-refractivity contribution in [3.8, 4) is 11.3 Å². The van der Waals surface area contributed by atoms with Crippen molar-refractivity contribution in [2.45, 2.75) is 19.8 Å². The predicted octanol–water partition coefficient (Wildman–Crippen LogP) is 4.64. The number of hydrogen-bond donors (Lipinski definition) is 1. The van der Waals surface area contributed by atoms with Gasteiger partial charge in [-0.05, 0) is 61.9 Å². The van der Waals surface area contributed by atoms with E-state index in [1.807, 2.05) is 6.92 Å². The summed E-state index contributed by atoms with van der Waals surface area (Å²) in [6.07, 6.45) is 1.43. The summed E-state index contributed by atoms with van der Waals surface area (Å²) in [5.74, 6) is -0.452. The number of carbonyl (C=O) groups is 2. The SMILES string of the molecule is Cc1sc(NC(=O)c2ccc(N3CCCC3=O)cc2)nc1-c1ccc(F)cc1. The fourth-order valence-corrected chi connectivity index (χ4v) is 4.04. The molecule has 0 spiro atoms. The Morgan fingerprint density at radius 2 is 1.86 bits per heavy atom. The van der Waals surface area contributed by atoms with E-state index in [0.717, 1.165) is 34.8 Å². The lowest BCUT2D eigenvalue weighted by Crippen LogP contribution is -2.23. The van der Waals surface area contributed by atoms with Crippen LogP contribution in [0.5, 0.6) is 0 Å². The monoisotopic (exact) mass is 395 g/mol. The standard InChI is InChI=1S/C21H18FN3O2S/c1-13-19(14-4-8-16(22)9-5-14)23-21(28-13)24-20(27)15-6-10-17(11-7-15)25-12-2-3-18(25)26/h4-11H,2-3,12H2,1H3,(H,23,24,27). The third-order valence-corrected chi connectivity index (χ3v) is 5.54. The summed E-state index contributed by atoms with van der Waals surface area (Å²) >= 11 is 1.37. The highest BCUT2D eigenvalue weighted by Crippen LogP contribution is 2.31. The molecule has 1 saturated heterocycles. The molecule has 1 fully saturated rings. The van der Waals surface area contributed by atoms with Crippen LogP contribution < -0.4 is 10.2 Å². The van der Waals surface area contributed by atoms with Crippen LogP contribution in [-0.2, 0) is 4.79 Å². The van der Waals surface area contributed by atoms with Crippen LogP contribution >= 0.6 is 11.3 Å². The van der Waals surface area contributed by atoms with Crippen molar-refractivity contribution in [2.24, 2.45) is 0 Å². The summed E-state index contributed by atoms with van der Waals surface area (Å²) in [6, 6.07) is 13.1. The van der Waals surface area contributed by atoms with Crippen LogP contribution in [0.1, 0.15) is 28.1 Å². The van der Waals surface area contributed by atoms with Gasteiger partial charge in [-0.1, -0.05) is 0 Å². The number of nitrogens with zero attached hydrogens (tertiary/aromatic N) is 2. The van der Waals surface area contributed by atoms with Crippen LogP contribution in [0, 0.1) is 12.7 Å². The molecular formula is C21H18FN3O2S. The zero-order chi connectivity index (χ0) is 19.7. The number of aryl methyl sites for hydroxylation is 1. The lowest BCUT2D eigenvalue weighted by atomic mass is 10.1. The van der Waals surface area contributed by atoms with Gasteiger partial charge in [-0.15, -0.1) is 11.3 Å². The maximum absolute atomic E-state index is 13.1. The van der Waals surface area contributed by atoms with Gasteiger partial charge in [0.05, 0.1) is 5.69 Å². The zero-order valence-corrected chi connectivity index (χ0v) is 16.1. The number of hydrogen-bond acceptors (Lipinski definition) is 4. The van der Waals surface area contributed by atoms with E-state index in [2.05, 4.69) is 10.3 Å². The van der Waals surface area contributed by atoms with Crippen molar-refractivity contribution in [1.82, 2.24) is 4.98 Å². The zero-order valence-electron chi connectivity index (χ0n) is 15.2. The number of nitrogens with one attached hydrogen (secondary N) is 1. The summed E-state index contributed by atoms with van der Waals surface area (Å²) in [5.41, 5.74) is 2.83. The maximum atomic E-state index is 13.1. The van der Waals surface area contributed by atoms with Gasteiger partial charge in [-0.25, -0.2) is 9.37 Å². The number of aromatic nitrogens is 1. The first-order chi connectivity index (χ1) is 13.5. The van der Waals surface area contributed by atoms with E-state index in [4.69, 9.17) is 0 Å². The first-order valence-corrected chi connectivity index (χ1v) is 9.78. The number of thiazole rings is 1. The average molecular weight is 395 g/mol. The van der Waals surface area contributed by atoms with Gasteiger partial charge in [0.15, 0.2) is 5.13 Å². The molecule has 0 radical (unpaired) electrons. The molecule has 2 amide bonds. The normalized spacial score (nSPS) is 13.8. The minimum atomic E-state index is -0.302. The van der Waals surface area contributed by atoms with Gasteiger partial charge in [-0.3, -0.25) is 14.9 Å². The highest BCUT2D eigenvalue weighted by atomic mass is 32.1. The van der Waals surface area contributed by atoms with E-state index < -0.39 is 0 Å². The van der Waals surface area contributed by atoms with Gasteiger partial charge in [0, 0.05) is 34.7 Å². The molecule has 0 bridgehead atoms. The first kappa shape index (κ1) is 18.3. The Hall–Kier alpha value is -3.06. The second-order valence-electron chi connectivity index (χ2n) is 6.58. The molecule has 5 nitrogen and oxygen atoms in total. The quantitative estimate of drug-likeness (QED) is 0.700. The molecule has 28 heavy (non-hydrogen) atoms. The first-order valence-electron chi connectivity index (χ1n) is 8.96. The molecule has 0 atom stereocenters. The van der Waals surface area contributed by atoms with Gasteiger partial charge in [0.25, 0.3) is 5.91 Å². The molecule has 7 heteroatoms. The van der Waals surface area contributed by atoms with Crippen LogP contribution in [0.15, 0.2) is 48.5 Å². The number of anilines is 2. The largest absolute Gasteiger partial charge is 0.312 e. The lowest BCUT2D eigenvalue weighted by molar-refractivity contribution is -0.117. The molecule has 142 valence electrons. The lowest BCUT2D eigenvalue weighted by Gasteiger charge is -2.15. The molecule has 1 aromatic heterocycles. The van der Waals surface area contributed by atoms with Crippen molar-refractivity contribution in [3.63, 3.8) is 0 Å². The topological polar surface area (TPSA) is 62.3 Å². The Morgan fingerprint density at radius 3 is 2.50 bits per heavy atom. The molecule has 1 aliphatic rings. The molecular weight excluding hydrogens is 377 g/mol. The second-order valence-corrected chi connectivity index (χ2v) is 7.78. The fraction of sp³-hybridized carbons (Fsp3) is 0.190. The third-order valence-electron chi connectivity index (χ3n) is 4.65. The second kappa shape index (κ2) is 7.52. The average Bonchev–Trinajstić information content (AvgIpc) is 3.28. The Labute approximate surface area is 165 Å². The van der Waals surface area contributed by atoms with Crippen molar-refractivity contribution in [2.75, 3.05) is 16.8 Å². The van der Waals surface area contributed by atoms with Crippen LogP contribution in [0.25, 0.3) is 11.3 Å². The molecule has 3 aromatic rings. The Bertz CT molecular complexity index is 1030. The molecule has 4 rings (SSSR count). The number of carbonyl (C=O) groups excluding carboxylic acids is 2. The van der Waals surface area contributed by atoms with Gasteiger partial charge >= 0.3 is 0 Å². The number of halogens is 1. The predicted molar refractivity (Wildman–Crippen MR) is 108 cm³/mol. The fourth-order valence-electron chi connectivity index (χ4n) is 3.21. The van der Waals surface area contributed by atoms with Crippen LogP contribution in [0.2, 0.25) is 0 Å². The summed E-state index contributed by atoms with van der Waals surface area (Å²) in [7, 11) is 0. The summed E-state index contributed by atoms with van der Waals surface area (Å²) in [6.45, 7) is 2.63. The van der Waals surface area contributed by atoms with E-state index in [9.17, 15) is 14.0 Å². The number of amides is 2. The van der Waals surface area contributed by atoms with Crippen molar-refractivity contribution in [1.29, 1.82) is 0 Å². The molecule has 2 aromatic carbocycles. The Balaban J connectivity index is 1.48. The van der Waals surface area contributed by atoms with Gasteiger partial charge in [-0.2, -0.15) is 0 Å². The maximum Gasteiger partial charge on any atom is 0.257 e. The molecule has 1 aliphatic heterocycles. The van der Waals surface area contributed by atoms with Crippen molar-refractivity contribution in [3.05, 3.63) is 64.8 Å². The number of rotatable bonds is 4. The molecule has 1 N–H and O–H groups in total. The van der Waals surface area contributed by atoms with Crippen LogP contribution in [0.3, 0.4) is 0 Å². The molecule has 2 heterocycles. The van der Waals surface area contributed by atoms with Crippen LogP contribution in [0.4, 0.5) is 15.2 Å². The highest BCUT2D eigenvalue weighted by molar-refractivity contribution is 7.16. The summed E-state index contributed by atoms with van der Waals surface area (Å²) in [5, 5.41) is 3.30. The van der Waals surface area contributed by atoms with Gasteiger partial charge < -0.3 is 4.90 Å². The van der Waals surface area contributed by atoms with E-state index >= 15 is 0 Å². The molecule has 0 aliphatic carbocycles. The van der Waals surface area contributed by atoms with Crippen molar-refractivity contribution < 1.29 is 14.0 Å². The van der Waals surface area contributed by atoms with E-state index in [0.29, 0.717) is 17.1 Å². The summed E-state index contributed by atoms with van der Waals surface area (Å²) < 4.78 is 13.1. The highest BCUT2D eigenvalue weighted by Gasteiger charge is 2.22. The number of benzene rings is 2. The van der Waals surface area contributed by atoms with Gasteiger partial charge in [0.2, 0.25) is 5.91 Å². The van der Waals surface area contributed by atoms with Crippen molar-refractivity contribution >= 4 is 34.0 Å². The molecule has 0 unspecified atom stereocenters. The van der Waals surface area contributed by atoms with E-state index in [1.165, 1.54) is 23.5 Å². The van der Waals surface area contributed by atoms with E-state index in [1.54, 1.807) is 41.3 Å². The van der Waals surface area contributed by atoms with Gasteiger partial charge in [0.1, 0.15) is 5.82 Å². The Kier molecular flexibility index (Phi) is 4.92. The minimum absolute atomic E-state index is 0.115. The third kappa shape index (κ3) is 3.66.